The minimum atomic E-state index is 0.00324. The van der Waals surface area contributed by atoms with Gasteiger partial charge < -0.3 is 10.2 Å². The Morgan fingerprint density at radius 3 is 1.90 bits per heavy atom. The first-order chi connectivity index (χ1) is 9.42. The smallest absolute Gasteiger partial charge is 0.124 e. The third-order valence-electron chi connectivity index (χ3n) is 3.96. The van der Waals surface area contributed by atoms with Gasteiger partial charge in [-0.05, 0) is 37.8 Å². The predicted octanol–water partition coefficient (Wildman–Crippen LogP) is 4.31. The number of nitrogens with zero attached hydrogens (tertiary/aromatic N) is 1. The van der Waals surface area contributed by atoms with E-state index in [0.717, 1.165) is 19.4 Å². The highest BCUT2D eigenvalue weighted by molar-refractivity contribution is 5.45. The van der Waals surface area contributed by atoms with Gasteiger partial charge in [-0.2, -0.15) is 0 Å². The second kappa shape index (κ2) is 7.53. The molecule has 114 valence electrons. The number of hydrogen-bond acceptors (Lipinski definition) is 3. The zero-order chi connectivity index (χ0) is 15.3. The van der Waals surface area contributed by atoms with Crippen molar-refractivity contribution in [1.82, 2.24) is 4.90 Å². The summed E-state index contributed by atoms with van der Waals surface area (Å²) in [6.45, 7) is 11.8. The molecule has 0 amide bonds. The van der Waals surface area contributed by atoms with Gasteiger partial charge in [0, 0.05) is 18.6 Å². The van der Waals surface area contributed by atoms with Crippen LogP contribution in [0, 0.1) is 5.92 Å². The molecule has 0 bridgehead atoms. The summed E-state index contributed by atoms with van der Waals surface area (Å²) in [5.41, 5.74) is 0.639. The molecule has 1 aromatic rings. The molecule has 0 heterocycles. The minimum Gasteiger partial charge on any atom is -0.507 e. The fourth-order valence-corrected chi connectivity index (χ4v) is 2.94. The fraction of sp³-hybridized carbons (Fsp3) is 0.647. The maximum atomic E-state index is 10.1. The van der Waals surface area contributed by atoms with Crippen LogP contribution < -0.4 is 0 Å². The highest BCUT2D eigenvalue weighted by Gasteiger charge is 2.26. The van der Waals surface area contributed by atoms with Crippen LogP contribution in [0.25, 0.3) is 0 Å². The van der Waals surface area contributed by atoms with Crippen LogP contribution in [0.1, 0.15) is 59.1 Å². The molecular formula is C17H29NO2. The summed E-state index contributed by atoms with van der Waals surface area (Å²) < 4.78 is 0. The number of phenols is 2. The number of aromatic hydroxyl groups is 2. The van der Waals surface area contributed by atoms with Crippen molar-refractivity contribution in [3.8, 4) is 11.5 Å². The van der Waals surface area contributed by atoms with Gasteiger partial charge in [-0.1, -0.05) is 33.8 Å². The Balaban J connectivity index is 3.12. The average Bonchev–Trinajstić information content (AvgIpc) is 2.38. The molecule has 0 aliphatic rings. The van der Waals surface area contributed by atoms with Gasteiger partial charge in [0.1, 0.15) is 11.5 Å². The van der Waals surface area contributed by atoms with Crippen LogP contribution in [0.2, 0.25) is 0 Å². The number of benzene rings is 1. The zero-order valence-electron chi connectivity index (χ0n) is 13.4. The van der Waals surface area contributed by atoms with E-state index >= 15 is 0 Å². The van der Waals surface area contributed by atoms with Crippen molar-refractivity contribution >= 4 is 0 Å². The van der Waals surface area contributed by atoms with Gasteiger partial charge in [0.15, 0.2) is 0 Å². The first kappa shape index (κ1) is 16.8. The summed E-state index contributed by atoms with van der Waals surface area (Å²) in [5.74, 6) is 0.903. The molecular weight excluding hydrogens is 250 g/mol. The molecule has 0 aliphatic carbocycles. The first-order valence-corrected chi connectivity index (χ1v) is 7.68. The molecule has 3 nitrogen and oxygen atoms in total. The van der Waals surface area contributed by atoms with Gasteiger partial charge in [0.25, 0.3) is 0 Å². The highest BCUT2D eigenvalue weighted by Crippen LogP contribution is 2.37. The van der Waals surface area contributed by atoms with Gasteiger partial charge in [0.05, 0.1) is 5.56 Å². The Hall–Kier alpha value is -1.22. The largest absolute Gasteiger partial charge is 0.507 e. The summed E-state index contributed by atoms with van der Waals surface area (Å²) in [4.78, 5) is 2.40. The third kappa shape index (κ3) is 3.89. The molecule has 0 aliphatic heterocycles. The standard InChI is InChI=1S/C17H29NO2/c1-6-14(7-2)18(11-12(3)4)13(5)17-15(19)9-8-10-16(17)20/h8-10,12-14,19-20H,6-7,11H2,1-5H3. The zero-order valence-corrected chi connectivity index (χ0v) is 13.4. The van der Waals surface area contributed by atoms with Crippen LogP contribution in [0.5, 0.6) is 11.5 Å². The van der Waals surface area contributed by atoms with E-state index in [4.69, 9.17) is 0 Å². The summed E-state index contributed by atoms with van der Waals surface area (Å²) in [5, 5.41) is 20.2. The second-order valence-corrected chi connectivity index (χ2v) is 5.95. The van der Waals surface area contributed by atoms with E-state index in [2.05, 4.69) is 39.5 Å². The number of phenolic OH excluding ortho intramolecular Hbond substituents is 2. The molecule has 1 aromatic carbocycles. The average molecular weight is 279 g/mol. The molecule has 0 aromatic heterocycles. The Bertz CT molecular complexity index is 393. The van der Waals surface area contributed by atoms with E-state index in [1.165, 1.54) is 0 Å². The van der Waals surface area contributed by atoms with Gasteiger partial charge in [0.2, 0.25) is 0 Å². The Morgan fingerprint density at radius 1 is 1.00 bits per heavy atom. The molecule has 0 fully saturated rings. The van der Waals surface area contributed by atoms with Crippen LogP contribution >= 0.6 is 0 Å². The molecule has 1 rings (SSSR count). The number of hydrogen-bond donors (Lipinski definition) is 2. The van der Waals surface area contributed by atoms with Crippen LogP contribution in [0.15, 0.2) is 18.2 Å². The van der Waals surface area contributed by atoms with Crippen molar-refractivity contribution in [1.29, 1.82) is 0 Å². The van der Waals surface area contributed by atoms with Crippen molar-refractivity contribution in [2.45, 2.75) is 59.5 Å². The summed E-state index contributed by atoms with van der Waals surface area (Å²) in [6.07, 6.45) is 2.14. The van der Waals surface area contributed by atoms with Crippen molar-refractivity contribution in [2.24, 2.45) is 5.92 Å². The second-order valence-electron chi connectivity index (χ2n) is 5.95. The topological polar surface area (TPSA) is 43.7 Å². The lowest BCUT2D eigenvalue weighted by molar-refractivity contribution is 0.115. The molecule has 0 saturated carbocycles. The quantitative estimate of drug-likeness (QED) is 0.782. The van der Waals surface area contributed by atoms with Crippen molar-refractivity contribution in [3.63, 3.8) is 0 Å². The lowest BCUT2D eigenvalue weighted by Crippen LogP contribution is -2.39. The van der Waals surface area contributed by atoms with E-state index in [0.29, 0.717) is 17.5 Å². The van der Waals surface area contributed by atoms with Gasteiger partial charge in [-0.25, -0.2) is 0 Å². The van der Waals surface area contributed by atoms with Crippen molar-refractivity contribution in [2.75, 3.05) is 6.54 Å². The lowest BCUT2D eigenvalue weighted by atomic mass is 9.99. The number of rotatable bonds is 7. The lowest BCUT2D eigenvalue weighted by Gasteiger charge is -2.37. The van der Waals surface area contributed by atoms with E-state index in [1.807, 2.05) is 0 Å². The van der Waals surface area contributed by atoms with Gasteiger partial charge in [-0.15, -0.1) is 0 Å². The Morgan fingerprint density at radius 2 is 1.50 bits per heavy atom. The molecule has 3 heteroatoms. The summed E-state index contributed by atoms with van der Waals surface area (Å²) in [7, 11) is 0. The van der Waals surface area contributed by atoms with Crippen LogP contribution in [0.4, 0.5) is 0 Å². The molecule has 0 saturated heterocycles. The molecule has 0 radical (unpaired) electrons. The highest BCUT2D eigenvalue weighted by atomic mass is 16.3. The Kier molecular flexibility index (Phi) is 6.34. The summed E-state index contributed by atoms with van der Waals surface area (Å²) in [6, 6.07) is 5.43. The van der Waals surface area contributed by atoms with E-state index < -0.39 is 0 Å². The molecule has 20 heavy (non-hydrogen) atoms. The van der Waals surface area contributed by atoms with Gasteiger partial charge >= 0.3 is 0 Å². The maximum absolute atomic E-state index is 10.1. The van der Waals surface area contributed by atoms with Gasteiger partial charge in [-0.3, -0.25) is 4.90 Å². The fourth-order valence-electron chi connectivity index (χ4n) is 2.94. The SMILES string of the molecule is CCC(CC)N(CC(C)C)C(C)c1c(O)cccc1O. The maximum Gasteiger partial charge on any atom is 0.124 e. The van der Waals surface area contributed by atoms with Crippen molar-refractivity contribution in [3.05, 3.63) is 23.8 Å². The van der Waals surface area contributed by atoms with Crippen LogP contribution in [-0.2, 0) is 0 Å². The molecule has 1 atom stereocenters. The molecule has 0 spiro atoms. The van der Waals surface area contributed by atoms with Crippen molar-refractivity contribution < 1.29 is 10.2 Å². The van der Waals surface area contributed by atoms with Crippen LogP contribution in [-0.4, -0.2) is 27.7 Å². The Labute approximate surface area is 123 Å². The minimum absolute atomic E-state index is 0.00324. The van der Waals surface area contributed by atoms with E-state index in [-0.39, 0.29) is 17.5 Å². The normalized spacial score (nSPS) is 13.4. The molecule has 2 N–H and O–H groups in total. The molecule has 1 unspecified atom stereocenters. The third-order valence-corrected chi connectivity index (χ3v) is 3.96. The van der Waals surface area contributed by atoms with Crippen LogP contribution in [0.3, 0.4) is 0 Å². The summed E-state index contributed by atoms with van der Waals surface area (Å²) >= 11 is 0. The van der Waals surface area contributed by atoms with E-state index in [9.17, 15) is 10.2 Å². The monoisotopic (exact) mass is 279 g/mol. The predicted molar refractivity (Wildman–Crippen MR) is 84.1 cm³/mol. The van der Waals surface area contributed by atoms with E-state index in [1.54, 1.807) is 18.2 Å². The first-order valence-electron chi connectivity index (χ1n) is 7.68.